The van der Waals surface area contributed by atoms with Crippen LogP contribution in [0.15, 0.2) is 54.7 Å². The van der Waals surface area contributed by atoms with Crippen molar-refractivity contribution in [3.63, 3.8) is 0 Å². The van der Waals surface area contributed by atoms with Crippen LogP contribution in [0.1, 0.15) is 10.6 Å². The third-order valence-corrected chi connectivity index (χ3v) is 4.85. The summed E-state index contributed by atoms with van der Waals surface area (Å²) in [5.74, 6) is 0. The van der Waals surface area contributed by atoms with Gasteiger partial charge in [0.2, 0.25) is 0 Å². The lowest BCUT2D eigenvalue weighted by molar-refractivity contribution is 0.690. The normalized spacial score (nSPS) is 10.8. The molecule has 112 valence electrons. The molecule has 3 aromatic rings. The lowest BCUT2D eigenvalue weighted by Gasteiger charge is -2.05. The summed E-state index contributed by atoms with van der Waals surface area (Å²) in [7, 11) is 0. The Labute approximate surface area is 143 Å². The van der Waals surface area contributed by atoms with Gasteiger partial charge in [-0.2, -0.15) is 0 Å². The van der Waals surface area contributed by atoms with Crippen LogP contribution in [-0.2, 0) is 13.1 Å². The van der Waals surface area contributed by atoms with E-state index >= 15 is 0 Å². The van der Waals surface area contributed by atoms with E-state index in [9.17, 15) is 0 Å². The summed E-state index contributed by atoms with van der Waals surface area (Å²) < 4.78 is 0. The van der Waals surface area contributed by atoms with E-state index in [-0.39, 0.29) is 0 Å². The van der Waals surface area contributed by atoms with Gasteiger partial charge >= 0.3 is 0 Å². The van der Waals surface area contributed by atoms with Gasteiger partial charge in [-0.1, -0.05) is 59.6 Å². The fraction of sp³-hybridized carbons (Fsp3) is 0.118. The molecule has 1 N–H and O–H groups in total. The van der Waals surface area contributed by atoms with Gasteiger partial charge in [0.05, 0.1) is 4.88 Å². The molecule has 0 fully saturated rings. The van der Waals surface area contributed by atoms with Crippen molar-refractivity contribution in [1.82, 2.24) is 10.3 Å². The average molecular weight is 349 g/mol. The van der Waals surface area contributed by atoms with E-state index in [4.69, 9.17) is 23.2 Å². The highest BCUT2D eigenvalue weighted by Crippen LogP contribution is 2.26. The Morgan fingerprint density at radius 1 is 1.00 bits per heavy atom. The maximum atomic E-state index is 6.16. The molecular weight excluding hydrogens is 335 g/mol. The van der Waals surface area contributed by atoms with Crippen molar-refractivity contribution in [2.24, 2.45) is 0 Å². The Kier molecular flexibility index (Phi) is 5.11. The van der Waals surface area contributed by atoms with Crippen molar-refractivity contribution in [2.45, 2.75) is 13.1 Å². The molecule has 1 heterocycles. The Hall–Kier alpha value is -1.39. The first-order valence-electron chi connectivity index (χ1n) is 6.87. The predicted molar refractivity (Wildman–Crippen MR) is 94.6 cm³/mol. The van der Waals surface area contributed by atoms with E-state index in [0.717, 1.165) is 17.1 Å². The van der Waals surface area contributed by atoms with Crippen LogP contribution in [0.2, 0.25) is 10.0 Å². The first kappa shape index (κ1) is 15.5. The van der Waals surface area contributed by atoms with E-state index in [1.54, 1.807) is 17.4 Å². The number of nitrogens with one attached hydrogen (secondary N) is 1. The summed E-state index contributed by atoms with van der Waals surface area (Å²) >= 11 is 13.8. The zero-order valence-corrected chi connectivity index (χ0v) is 14.1. The standard InChI is InChI=1S/C17H14Cl2N2S/c18-14-7-6-13(15(19)8-14)9-20-11-17-21-10-16(22-17)12-4-2-1-3-5-12/h1-8,10,20H,9,11H2. The lowest BCUT2D eigenvalue weighted by atomic mass is 10.2. The molecule has 0 amide bonds. The van der Waals surface area contributed by atoms with Crippen molar-refractivity contribution >= 4 is 34.5 Å². The summed E-state index contributed by atoms with van der Waals surface area (Å²) in [6.45, 7) is 1.41. The molecule has 0 aliphatic rings. The second kappa shape index (κ2) is 7.25. The topological polar surface area (TPSA) is 24.9 Å². The van der Waals surface area contributed by atoms with Crippen LogP contribution in [0, 0.1) is 0 Å². The number of halogens is 2. The molecule has 2 nitrogen and oxygen atoms in total. The van der Waals surface area contributed by atoms with Gasteiger partial charge < -0.3 is 5.32 Å². The molecule has 0 aliphatic heterocycles. The Morgan fingerprint density at radius 3 is 2.59 bits per heavy atom. The average Bonchev–Trinajstić information content (AvgIpc) is 2.99. The van der Waals surface area contributed by atoms with Crippen molar-refractivity contribution in [2.75, 3.05) is 0 Å². The van der Waals surface area contributed by atoms with Gasteiger partial charge in [-0.05, 0) is 23.3 Å². The molecule has 22 heavy (non-hydrogen) atoms. The molecule has 1 aromatic heterocycles. The number of thiazole rings is 1. The second-order valence-corrected chi connectivity index (χ2v) is 6.78. The number of hydrogen-bond acceptors (Lipinski definition) is 3. The monoisotopic (exact) mass is 348 g/mol. The summed E-state index contributed by atoms with van der Waals surface area (Å²) in [5.41, 5.74) is 2.23. The largest absolute Gasteiger partial charge is 0.306 e. The third kappa shape index (κ3) is 3.87. The minimum atomic E-state index is 0.654. The molecule has 2 aromatic carbocycles. The Morgan fingerprint density at radius 2 is 1.82 bits per heavy atom. The highest BCUT2D eigenvalue weighted by Gasteiger charge is 2.05. The molecule has 0 saturated carbocycles. The smallest absolute Gasteiger partial charge is 0.107 e. The van der Waals surface area contributed by atoms with Crippen LogP contribution >= 0.6 is 34.5 Å². The van der Waals surface area contributed by atoms with Crippen LogP contribution in [0.3, 0.4) is 0 Å². The molecule has 0 aliphatic carbocycles. The van der Waals surface area contributed by atoms with Crippen LogP contribution in [0.25, 0.3) is 10.4 Å². The van der Waals surface area contributed by atoms with E-state index in [2.05, 4.69) is 22.4 Å². The maximum absolute atomic E-state index is 6.16. The number of nitrogens with zero attached hydrogens (tertiary/aromatic N) is 1. The van der Waals surface area contributed by atoms with Crippen molar-refractivity contribution in [3.05, 3.63) is 75.3 Å². The molecule has 3 rings (SSSR count). The SMILES string of the molecule is Clc1ccc(CNCc2ncc(-c3ccccc3)s2)c(Cl)c1. The number of aromatic nitrogens is 1. The third-order valence-electron chi connectivity index (χ3n) is 3.22. The predicted octanol–water partition coefficient (Wildman–Crippen LogP) is 5.41. The van der Waals surface area contributed by atoms with E-state index in [0.29, 0.717) is 16.6 Å². The molecule has 0 bridgehead atoms. The van der Waals surface area contributed by atoms with Gasteiger partial charge in [0.25, 0.3) is 0 Å². The zero-order chi connectivity index (χ0) is 15.4. The van der Waals surface area contributed by atoms with Gasteiger partial charge in [0, 0.05) is 29.3 Å². The molecule has 0 unspecified atom stereocenters. The lowest BCUT2D eigenvalue weighted by Crippen LogP contribution is -2.12. The minimum absolute atomic E-state index is 0.654. The molecule has 0 atom stereocenters. The number of benzene rings is 2. The highest BCUT2D eigenvalue weighted by atomic mass is 35.5. The molecule has 0 saturated heterocycles. The maximum Gasteiger partial charge on any atom is 0.107 e. The summed E-state index contributed by atoms with van der Waals surface area (Å²) in [6.07, 6.45) is 1.92. The summed E-state index contributed by atoms with van der Waals surface area (Å²) in [6, 6.07) is 15.8. The Balaban J connectivity index is 1.59. The summed E-state index contributed by atoms with van der Waals surface area (Å²) in [4.78, 5) is 5.64. The van der Waals surface area contributed by atoms with Crippen LogP contribution in [0.4, 0.5) is 0 Å². The molecule has 0 radical (unpaired) electrons. The molecule has 0 spiro atoms. The zero-order valence-electron chi connectivity index (χ0n) is 11.7. The first-order valence-corrected chi connectivity index (χ1v) is 8.44. The van der Waals surface area contributed by atoms with Gasteiger partial charge in [-0.15, -0.1) is 11.3 Å². The quantitative estimate of drug-likeness (QED) is 0.666. The fourth-order valence-corrected chi connectivity index (χ4v) is 3.47. The Bertz CT molecular complexity index is 756. The molecular formula is C17H14Cl2N2S. The summed E-state index contributed by atoms with van der Waals surface area (Å²) in [5, 5.41) is 5.76. The van der Waals surface area contributed by atoms with E-state index in [1.165, 1.54) is 10.4 Å². The van der Waals surface area contributed by atoms with Gasteiger partial charge in [-0.25, -0.2) is 4.98 Å². The van der Waals surface area contributed by atoms with E-state index < -0.39 is 0 Å². The minimum Gasteiger partial charge on any atom is -0.306 e. The van der Waals surface area contributed by atoms with Gasteiger partial charge in [0.1, 0.15) is 5.01 Å². The first-order chi connectivity index (χ1) is 10.7. The van der Waals surface area contributed by atoms with Crippen LogP contribution < -0.4 is 5.32 Å². The second-order valence-electron chi connectivity index (χ2n) is 4.82. The van der Waals surface area contributed by atoms with Crippen molar-refractivity contribution in [1.29, 1.82) is 0 Å². The fourth-order valence-electron chi connectivity index (χ4n) is 2.10. The number of hydrogen-bond donors (Lipinski definition) is 1. The molecule has 5 heteroatoms. The van der Waals surface area contributed by atoms with Crippen molar-refractivity contribution in [3.8, 4) is 10.4 Å². The van der Waals surface area contributed by atoms with E-state index in [1.807, 2.05) is 36.5 Å². The van der Waals surface area contributed by atoms with Gasteiger partial charge in [-0.3, -0.25) is 0 Å². The van der Waals surface area contributed by atoms with Crippen molar-refractivity contribution < 1.29 is 0 Å². The highest BCUT2D eigenvalue weighted by molar-refractivity contribution is 7.15. The number of rotatable bonds is 5. The van der Waals surface area contributed by atoms with Crippen LogP contribution in [-0.4, -0.2) is 4.98 Å². The van der Waals surface area contributed by atoms with Crippen LogP contribution in [0.5, 0.6) is 0 Å². The van der Waals surface area contributed by atoms with Gasteiger partial charge in [0.15, 0.2) is 0 Å².